The third-order valence-corrected chi connectivity index (χ3v) is 5.37. The van der Waals surface area contributed by atoms with Gasteiger partial charge in [0.05, 0.1) is 12.8 Å². The van der Waals surface area contributed by atoms with Gasteiger partial charge in [-0.15, -0.1) is 0 Å². The van der Waals surface area contributed by atoms with Gasteiger partial charge in [0.1, 0.15) is 5.76 Å². The molecule has 1 aromatic rings. The third-order valence-electron chi connectivity index (χ3n) is 4.61. The standard InChI is InChI=1S/C16H25N3O4S/c1-24(21,22)17-13-6-10-19(11-7-13)16(20)15-5-4-14(23-15)12-18-8-2-3-9-18/h4-5,13,17H,2-3,6-12H2,1H3. The van der Waals surface area contributed by atoms with Crippen LogP contribution < -0.4 is 4.72 Å². The Morgan fingerprint density at radius 3 is 2.50 bits per heavy atom. The van der Waals surface area contributed by atoms with Gasteiger partial charge in [0.15, 0.2) is 5.76 Å². The number of piperidine rings is 1. The second kappa shape index (κ2) is 7.25. The molecule has 0 radical (unpaired) electrons. The number of nitrogens with zero attached hydrogens (tertiary/aromatic N) is 2. The van der Waals surface area contributed by atoms with E-state index < -0.39 is 10.0 Å². The van der Waals surface area contributed by atoms with E-state index in [1.54, 1.807) is 11.0 Å². The van der Waals surface area contributed by atoms with Crippen LogP contribution in [-0.4, -0.2) is 62.6 Å². The highest BCUT2D eigenvalue weighted by Crippen LogP contribution is 2.18. The summed E-state index contributed by atoms with van der Waals surface area (Å²) in [5.74, 6) is 1.09. The molecule has 1 aromatic heterocycles. The molecule has 2 fully saturated rings. The average Bonchev–Trinajstić information content (AvgIpc) is 3.18. The van der Waals surface area contributed by atoms with Crippen molar-refractivity contribution in [3.05, 3.63) is 23.7 Å². The van der Waals surface area contributed by atoms with Crippen LogP contribution in [0.1, 0.15) is 42.0 Å². The SMILES string of the molecule is CS(=O)(=O)NC1CCN(C(=O)c2ccc(CN3CCCC3)o2)CC1. The molecule has 0 atom stereocenters. The van der Waals surface area contributed by atoms with Crippen LogP contribution in [0.2, 0.25) is 0 Å². The summed E-state index contributed by atoms with van der Waals surface area (Å²) in [5, 5.41) is 0. The number of rotatable bonds is 5. The molecule has 134 valence electrons. The van der Waals surface area contributed by atoms with Gasteiger partial charge in [0.2, 0.25) is 10.0 Å². The van der Waals surface area contributed by atoms with Crippen LogP contribution in [-0.2, 0) is 16.6 Å². The van der Waals surface area contributed by atoms with E-state index in [1.165, 1.54) is 12.8 Å². The van der Waals surface area contributed by atoms with Crippen LogP contribution in [0.5, 0.6) is 0 Å². The topological polar surface area (TPSA) is 82.9 Å². The first kappa shape index (κ1) is 17.4. The van der Waals surface area contributed by atoms with Crippen LogP contribution >= 0.6 is 0 Å². The second-order valence-electron chi connectivity index (χ2n) is 6.71. The molecule has 3 rings (SSSR count). The zero-order valence-corrected chi connectivity index (χ0v) is 14.8. The molecule has 2 aliphatic heterocycles. The summed E-state index contributed by atoms with van der Waals surface area (Å²) in [6.07, 6.45) is 4.86. The first-order valence-electron chi connectivity index (χ1n) is 8.48. The fourth-order valence-electron chi connectivity index (χ4n) is 3.40. The van der Waals surface area contributed by atoms with Gasteiger partial charge in [-0.25, -0.2) is 13.1 Å². The van der Waals surface area contributed by atoms with Crippen molar-refractivity contribution in [1.29, 1.82) is 0 Å². The molecule has 0 aromatic carbocycles. The first-order chi connectivity index (χ1) is 11.4. The van der Waals surface area contributed by atoms with Gasteiger partial charge < -0.3 is 9.32 Å². The molecule has 2 aliphatic rings. The van der Waals surface area contributed by atoms with E-state index in [4.69, 9.17) is 4.42 Å². The number of amides is 1. The molecule has 0 bridgehead atoms. The van der Waals surface area contributed by atoms with Gasteiger partial charge >= 0.3 is 0 Å². The van der Waals surface area contributed by atoms with Crippen molar-refractivity contribution >= 4 is 15.9 Å². The van der Waals surface area contributed by atoms with Gasteiger partial charge in [0, 0.05) is 19.1 Å². The quantitative estimate of drug-likeness (QED) is 0.853. The maximum absolute atomic E-state index is 12.5. The van der Waals surface area contributed by atoms with Gasteiger partial charge in [-0.05, 0) is 50.9 Å². The van der Waals surface area contributed by atoms with E-state index in [1.807, 2.05) is 6.07 Å². The molecule has 7 nitrogen and oxygen atoms in total. The third kappa shape index (κ3) is 4.58. The Hall–Kier alpha value is -1.38. The van der Waals surface area contributed by atoms with Crippen molar-refractivity contribution in [1.82, 2.24) is 14.5 Å². The van der Waals surface area contributed by atoms with Crippen molar-refractivity contribution in [3.8, 4) is 0 Å². The highest BCUT2D eigenvalue weighted by molar-refractivity contribution is 7.88. The summed E-state index contributed by atoms with van der Waals surface area (Å²) in [6, 6.07) is 3.53. The van der Waals surface area contributed by atoms with E-state index in [-0.39, 0.29) is 11.9 Å². The Bertz CT molecular complexity index is 671. The van der Waals surface area contributed by atoms with Crippen LogP contribution in [0, 0.1) is 0 Å². The number of likely N-dealkylation sites (tertiary alicyclic amines) is 2. The van der Waals surface area contributed by atoms with Crippen LogP contribution in [0.3, 0.4) is 0 Å². The second-order valence-corrected chi connectivity index (χ2v) is 8.49. The number of carbonyl (C=O) groups is 1. The Kier molecular flexibility index (Phi) is 5.27. The molecule has 1 amide bonds. The molecule has 3 heterocycles. The lowest BCUT2D eigenvalue weighted by Gasteiger charge is -2.31. The summed E-state index contributed by atoms with van der Waals surface area (Å²) < 4.78 is 30.9. The van der Waals surface area contributed by atoms with E-state index in [0.717, 1.165) is 31.7 Å². The molecular formula is C16H25N3O4S. The minimum absolute atomic E-state index is 0.0913. The first-order valence-corrected chi connectivity index (χ1v) is 10.4. The number of sulfonamides is 1. The zero-order valence-electron chi connectivity index (χ0n) is 14.0. The molecule has 8 heteroatoms. The lowest BCUT2D eigenvalue weighted by atomic mass is 10.1. The monoisotopic (exact) mass is 355 g/mol. The number of hydrogen-bond acceptors (Lipinski definition) is 5. The number of furan rings is 1. The van der Waals surface area contributed by atoms with E-state index >= 15 is 0 Å². The smallest absolute Gasteiger partial charge is 0.289 e. The van der Waals surface area contributed by atoms with Gasteiger partial charge in [0.25, 0.3) is 5.91 Å². The van der Waals surface area contributed by atoms with Crippen molar-refractivity contribution in [2.24, 2.45) is 0 Å². The number of hydrogen-bond donors (Lipinski definition) is 1. The molecule has 0 saturated carbocycles. The summed E-state index contributed by atoms with van der Waals surface area (Å²) in [6.45, 7) is 4.01. The molecule has 2 saturated heterocycles. The van der Waals surface area contributed by atoms with E-state index in [2.05, 4.69) is 9.62 Å². The molecule has 24 heavy (non-hydrogen) atoms. The average molecular weight is 355 g/mol. The van der Waals surface area contributed by atoms with Crippen LogP contribution in [0.4, 0.5) is 0 Å². The highest BCUT2D eigenvalue weighted by Gasteiger charge is 2.27. The van der Waals surface area contributed by atoms with Crippen molar-refractivity contribution in [2.75, 3.05) is 32.4 Å². The summed E-state index contributed by atoms with van der Waals surface area (Å²) in [7, 11) is -3.20. The predicted molar refractivity (Wildman–Crippen MR) is 90.1 cm³/mol. The lowest BCUT2D eigenvalue weighted by Crippen LogP contribution is -2.46. The van der Waals surface area contributed by atoms with Crippen molar-refractivity contribution in [3.63, 3.8) is 0 Å². The zero-order chi connectivity index (χ0) is 17.2. The minimum atomic E-state index is -3.20. The Balaban J connectivity index is 1.52. The summed E-state index contributed by atoms with van der Waals surface area (Å²) in [4.78, 5) is 16.6. The van der Waals surface area contributed by atoms with E-state index in [9.17, 15) is 13.2 Å². The van der Waals surface area contributed by atoms with Gasteiger partial charge in [-0.1, -0.05) is 0 Å². The number of carbonyl (C=O) groups excluding carboxylic acids is 1. The summed E-state index contributed by atoms with van der Waals surface area (Å²) in [5.41, 5.74) is 0. The molecule has 1 N–H and O–H groups in total. The predicted octanol–water partition coefficient (Wildman–Crippen LogP) is 1.03. The Morgan fingerprint density at radius 2 is 1.88 bits per heavy atom. The molecule has 0 spiro atoms. The normalized spacial score (nSPS) is 20.6. The van der Waals surface area contributed by atoms with Crippen LogP contribution in [0.15, 0.2) is 16.5 Å². The maximum Gasteiger partial charge on any atom is 0.289 e. The fourth-order valence-corrected chi connectivity index (χ4v) is 4.24. The van der Waals surface area contributed by atoms with Crippen molar-refractivity contribution < 1.29 is 17.6 Å². The fraction of sp³-hybridized carbons (Fsp3) is 0.688. The van der Waals surface area contributed by atoms with E-state index in [0.29, 0.717) is 31.7 Å². The van der Waals surface area contributed by atoms with Crippen molar-refractivity contribution in [2.45, 2.75) is 38.3 Å². The Morgan fingerprint density at radius 1 is 1.21 bits per heavy atom. The minimum Gasteiger partial charge on any atom is -0.455 e. The van der Waals surface area contributed by atoms with Gasteiger partial charge in [-0.2, -0.15) is 0 Å². The molecular weight excluding hydrogens is 330 g/mol. The molecule has 0 unspecified atom stereocenters. The largest absolute Gasteiger partial charge is 0.455 e. The Labute approximate surface area is 143 Å². The lowest BCUT2D eigenvalue weighted by molar-refractivity contribution is 0.0675. The van der Waals surface area contributed by atoms with Crippen LogP contribution in [0.25, 0.3) is 0 Å². The highest BCUT2D eigenvalue weighted by atomic mass is 32.2. The summed E-state index contributed by atoms with van der Waals surface area (Å²) >= 11 is 0. The molecule has 0 aliphatic carbocycles. The maximum atomic E-state index is 12.5. The number of nitrogens with one attached hydrogen (secondary N) is 1. The van der Waals surface area contributed by atoms with Gasteiger partial charge in [-0.3, -0.25) is 9.69 Å².